The van der Waals surface area contributed by atoms with Gasteiger partial charge in [0.1, 0.15) is 0 Å². The van der Waals surface area contributed by atoms with Crippen LogP contribution in [0, 0.1) is 0 Å². The first-order valence-electron chi connectivity index (χ1n) is 5.54. The van der Waals surface area contributed by atoms with E-state index < -0.39 is 0 Å². The van der Waals surface area contributed by atoms with Crippen molar-refractivity contribution in [3.05, 3.63) is 32.8 Å². The van der Waals surface area contributed by atoms with Crippen LogP contribution >= 0.6 is 34.8 Å². The van der Waals surface area contributed by atoms with Crippen molar-refractivity contribution in [2.24, 2.45) is 0 Å². The number of piperidine rings is 1. The van der Waals surface area contributed by atoms with Crippen molar-refractivity contribution in [3.8, 4) is 0 Å². The fourth-order valence-electron chi connectivity index (χ4n) is 1.98. The van der Waals surface area contributed by atoms with Crippen LogP contribution in [0.4, 0.5) is 0 Å². The molecule has 1 aliphatic heterocycles. The molecular weight excluding hydrogens is 280 g/mol. The van der Waals surface area contributed by atoms with E-state index >= 15 is 0 Å². The largest absolute Gasteiger partial charge is 0.339 e. The lowest BCUT2D eigenvalue weighted by Crippen LogP contribution is -2.35. The van der Waals surface area contributed by atoms with Gasteiger partial charge in [-0.3, -0.25) is 4.79 Å². The van der Waals surface area contributed by atoms with Crippen molar-refractivity contribution in [1.82, 2.24) is 4.90 Å². The minimum Gasteiger partial charge on any atom is -0.339 e. The van der Waals surface area contributed by atoms with Crippen LogP contribution in [0.25, 0.3) is 0 Å². The number of rotatable bonds is 1. The zero-order valence-electron chi connectivity index (χ0n) is 9.18. The second kappa shape index (κ2) is 5.47. The van der Waals surface area contributed by atoms with Crippen LogP contribution in [0.2, 0.25) is 15.1 Å². The van der Waals surface area contributed by atoms with E-state index in [2.05, 4.69) is 0 Å². The molecule has 1 fully saturated rings. The lowest BCUT2D eigenvalue weighted by molar-refractivity contribution is 0.0724. The molecule has 17 heavy (non-hydrogen) atoms. The van der Waals surface area contributed by atoms with Gasteiger partial charge in [-0.15, -0.1) is 0 Å². The molecule has 0 spiro atoms. The van der Waals surface area contributed by atoms with E-state index in [1.165, 1.54) is 6.42 Å². The van der Waals surface area contributed by atoms with Gasteiger partial charge in [0.05, 0.1) is 20.6 Å². The molecular formula is C12H12Cl3NO. The SMILES string of the molecule is O=C(c1c(Cl)ccc(Cl)c1Cl)N1CCCCC1. The van der Waals surface area contributed by atoms with E-state index in [4.69, 9.17) is 34.8 Å². The molecule has 5 heteroatoms. The number of hydrogen-bond donors (Lipinski definition) is 0. The first kappa shape index (κ1) is 13.0. The minimum absolute atomic E-state index is 0.123. The molecule has 0 aliphatic carbocycles. The zero-order chi connectivity index (χ0) is 12.4. The Labute approximate surface area is 115 Å². The van der Waals surface area contributed by atoms with E-state index in [1.54, 1.807) is 17.0 Å². The number of amides is 1. The highest BCUT2D eigenvalue weighted by Gasteiger charge is 2.23. The average Bonchev–Trinajstić information content (AvgIpc) is 2.35. The Kier molecular flexibility index (Phi) is 4.18. The summed E-state index contributed by atoms with van der Waals surface area (Å²) in [6.07, 6.45) is 3.23. The van der Waals surface area contributed by atoms with Gasteiger partial charge in [0.2, 0.25) is 0 Å². The predicted molar refractivity (Wildman–Crippen MR) is 71.2 cm³/mol. The molecule has 0 unspecified atom stereocenters. The summed E-state index contributed by atoms with van der Waals surface area (Å²) in [6.45, 7) is 1.52. The Morgan fingerprint density at radius 1 is 1.00 bits per heavy atom. The lowest BCUT2D eigenvalue weighted by atomic mass is 10.1. The molecule has 1 aromatic carbocycles. The summed E-state index contributed by atoms with van der Waals surface area (Å²) in [5.41, 5.74) is 0.322. The van der Waals surface area contributed by atoms with Gasteiger partial charge in [0.25, 0.3) is 5.91 Å². The van der Waals surface area contributed by atoms with Crippen LogP contribution < -0.4 is 0 Å². The van der Waals surface area contributed by atoms with Crippen LogP contribution in [0.5, 0.6) is 0 Å². The topological polar surface area (TPSA) is 20.3 Å². The van der Waals surface area contributed by atoms with Crippen molar-refractivity contribution in [3.63, 3.8) is 0 Å². The number of hydrogen-bond acceptors (Lipinski definition) is 1. The van der Waals surface area contributed by atoms with Gasteiger partial charge in [-0.25, -0.2) is 0 Å². The summed E-state index contributed by atoms with van der Waals surface area (Å²) in [5.74, 6) is -0.123. The zero-order valence-corrected chi connectivity index (χ0v) is 11.4. The molecule has 1 aromatic rings. The molecule has 1 amide bonds. The first-order valence-corrected chi connectivity index (χ1v) is 6.67. The maximum Gasteiger partial charge on any atom is 0.256 e. The van der Waals surface area contributed by atoms with E-state index in [1.807, 2.05) is 0 Å². The quantitative estimate of drug-likeness (QED) is 0.708. The number of halogens is 3. The van der Waals surface area contributed by atoms with Gasteiger partial charge in [0, 0.05) is 13.1 Å². The Morgan fingerprint density at radius 3 is 2.24 bits per heavy atom. The third kappa shape index (κ3) is 2.70. The molecule has 0 atom stereocenters. The second-order valence-electron chi connectivity index (χ2n) is 4.07. The van der Waals surface area contributed by atoms with Gasteiger partial charge >= 0.3 is 0 Å². The van der Waals surface area contributed by atoms with E-state index in [9.17, 15) is 4.79 Å². The molecule has 0 saturated carbocycles. The Morgan fingerprint density at radius 2 is 1.59 bits per heavy atom. The standard InChI is InChI=1S/C12H12Cl3NO/c13-8-4-5-9(14)11(15)10(8)12(17)16-6-2-1-3-7-16/h4-5H,1-3,6-7H2. The number of carbonyl (C=O) groups excluding carboxylic acids is 1. The van der Waals surface area contributed by atoms with E-state index in [0.717, 1.165) is 25.9 Å². The van der Waals surface area contributed by atoms with Crippen molar-refractivity contribution in [2.75, 3.05) is 13.1 Å². The van der Waals surface area contributed by atoms with Crippen molar-refractivity contribution >= 4 is 40.7 Å². The third-order valence-corrected chi connectivity index (χ3v) is 4.02. The number of benzene rings is 1. The van der Waals surface area contributed by atoms with E-state index in [-0.39, 0.29) is 10.9 Å². The summed E-state index contributed by atoms with van der Waals surface area (Å²) in [5, 5.41) is 0.959. The monoisotopic (exact) mass is 291 g/mol. The molecule has 0 N–H and O–H groups in total. The highest BCUT2D eigenvalue weighted by atomic mass is 35.5. The maximum atomic E-state index is 12.3. The van der Waals surface area contributed by atoms with Crippen LogP contribution in [0.15, 0.2) is 12.1 Å². The highest BCUT2D eigenvalue weighted by molar-refractivity contribution is 6.46. The van der Waals surface area contributed by atoms with Gasteiger partial charge in [-0.1, -0.05) is 34.8 Å². The molecule has 2 nitrogen and oxygen atoms in total. The normalized spacial score (nSPS) is 16.1. The minimum atomic E-state index is -0.123. The molecule has 0 radical (unpaired) electrons. The predicted octanol–water partition coefficient (Wildman–Crippen LogP) is 4.27. The fourth-order valence-corrected chi connectivity index (χ4v) is 2.67. The molecule has 1 aliphatic rings. The molecule has 1 heterocycles. The Balaban J connectivity index is 2.32. The molecule has 0 aromatic heterocycles. The van der Waals surface area contributed by atoms with Crippen molar-refractivity contribution in [2.45, 2.75) is 19.3 Å². The third-order valence-electron chi connectivity index (χ3n) is 2.90. The van der Waals surface area contributed by atoms with Crippen LogP contribution in [0.1, 0.15) is 29.6 Å². The van der Waals surface area contributed by atoms with Crippen molar-refractivity contribution < 1.29 is 4.79 Å². The van der Waals surface area contributed by atoms with Gasteiger partial charge < -0.3 is 4.90 Å². The summed E-state index contributed by atoms with van der Waals surface area (Å²) in [4.78, 5) is 14.1. The summed E-state index contributed by atoms with van der Waals surface area (Å²) in [6, 6.07) is 3.20. The molecule has 0 bridgehead atoms. The number of likely N-dealkylation sites (tertiary alicyclic amines) is 1. The summed E-state index contributed by atoms with van der Waals surface area (Å²) < 4.78 is 0. The lowest BCUT2D eigenvalue weighted by Gasteiger charge is -2.27. The average molecular weight is 293 g/mol. The molecule has 92 valence electrons. The van der Waals surface area contributed by atoms with Crippen LogP contribution in [-0.4, -0.2) is 23.9 Å². The highest BCUT2D eigenvalue weighted by Crippen LogP contribution is 2.32. The fraction of sp³-hybridized carbons (Fsp3) is 0.417. The number of nitrogens with zero attached hydrogens (tertiary/aromatic N) is 1. The smallest absolute Gasteiger partial charge is 0.256 e. The number of carbonyl (C=O) groups is 1. The summed E-state index contributed by atoms with van der Waals surface area (Å²) in [7, 11) is 0. The maximum absolute atomic E-state index is 12.3. The van der Waals surface area contributed by atoms with Crippen LogP contribution in [-0.2, 0) is 0 Å². The first-order chi connectivity index (χ1) is 8.11. The van der Waals surface area contributed by atoms with E-state index in [0.29, 0.717) is 15.6 Å². The van der Waals surface area contributed by atoms with Crippen LogP contribution in [0.3, 0.4) is 0 Å². The summed E-state index contributed by atoms with van der Waals surface area (Å²) >= 11 is 18.0. The Bertz CT molecular complexity index is 442. The molecule has 2 rings (SSSR count). The Hall–Kier alpha value is -0.440. The van der Waals surface area contributed by atoms with Crippen molar-refractivity contribution in [1.29, 1.82) is 0 Å². The van der Waals surface area contributed by atoms with Gasteiger partial charge in [-0.2, -0.15) is 0 Å². The molecule has 1 saturated heterocycles. The van der Waals surface area contributed by atoms with Gasteiger partial charge in [-0.05, 0) is 31.4 Å². The second-order valence-corrected chi connectivity index (χ2v) is 5.26. The van der Waals surface area contributed by atoms with Gasteiger partial charge in [0.15, 0.2) is 0 Å².